The zero-order valence-corrected chi connectivity index (χ0v) is 11.1. The molecule has 2 nitrogen and oxygen atoms in total. The van der Waals surface area contributed by atoms with Crippen LogP contribution in [0, 0.1) is 0 Å². The van der Waals surface area contributed by atoms with Gasteiger partial charge >= 0.3 is 0 Å². The topological polar surface area (TPSA) is 24.9 Å². The first-order chi connectivity index (χ1) is 8.24. The fourth-order valence-electron chi connectivity index (χ4n) is 2.10. The highest BCUT2D eigenvalue weighted by atomic mass is 32.1. The van der Waals surface area contributed by atoms with Crippen LogP contribution in [0.1, 0.15) is 24.4 Å². The quantitative estimate of drug-likeness (QED) is 0.876. The van der Waals surface area contributed by atoms with Crippen molar-refractivity contribution in [2.24, 2.45) is 0 Å². The predicted molar refractivity (Wildman–Crippen MR) is 73.3 cm³/mol. The summed E-state index contributed by atoms with van der Waals surface area (Å²) in [4.78, 5) is 4.46. The second-order valence-corrected chi connectivity index (χ2v) is 5.26. The highest BCUT2D eigenvalue weighted by molar-refractivity contribution is 7.09. The fourth-order valence-corrected chi connectivity index (χ4v) is 2.88. The van der Waals surface area contributed by atoms with Gasteiger partial charge in [0.05, 0.1) is 5.54 Å². The Labute approximate surface area is 107 Å². The van der Waals surface area contributed by atoms with Crippen molar-refractivity contribution in [3.05, 3.63) is 52.5 Å². The van der Waals surface area contributed by atoms with Crippen LogP contribution in [0.2, 0.25) is 0 Å². The number of benzene rings is 1. The van der Waals surface area contributed by atoms with Crippen molar-refractivity contribution in [1.82, 2.24) is 10.3 Å². The molecule has 0 amide bonds. The normalized spacial score (nSPS) is 14.5. The summed E-state index contributed by atoms with van der Waals surface area (Å²) in [5, 5.41) is 6.75. The molecular weight excluding hydrogens is 228 g/mol. The van der Waals surface area contributed by atoms with Crippen LogP contribution in [0.4, 0.5) is 0 Å². The maximum Gasteiger partial charge on any atom is 0.113 e. The predicted octanol–water partition coefficient (Wildman–Crippen LogP) is 3.21. The van der Waals surface area contributed by atoms with E-state index in [1.54, 1.807) is 11.3 Å². The van der Waals surface area contributed by atoms with Crippen LogP contribution in [0.3, 0.4) is 0 Å². The van der Waals surface area contributed by atoms with Gasteiger partial charge in [-0.05, 0) is 25.5 Å². The Morgan fingerprint density at radius 2 is 2.06 bits per heavy atom. The van der Waals surface area contributed by atoms with Gasteiger partial charge in [-0.2, -0.15) is 0 Å². The number of aromatic nitrogens is 1. The van der Waals surface area contributed by atoms with Crippen LogP contribution < -0.4 is 5.32 Å². The Kier molecular flexibility index (Phi) is 3.92. The monoisotopic (exact) mass is 246 g/mol. The van der Waals surface area contributed by atoms with Crippen LogP contribution in [0.5, 0.6) is 0 Å². The van der Waals surface area contributed by atoms with Crippen molar-refractivity contribution >= 4 is 11.3 Å². The van der Waals surface area contributed by atoms with E-state index in [-0.39, 0.29) is 5.54 Å². The van der Waals surface area contributed by atoms with E-state index in [0.29, 0.717) is 0 Å². The molecule has 0 radical (unpaired) electrons. The molecule has 1 unspecified atom stereocenters. The number of nitrogens with one attached hydrogen (secondary N) is 1. The van der Waals surface area contributed by atoms with Gasteiger partial charge in [-0.25, -0.2) is 4.98 Å². The zero-order chi connectivity index (χ0) is 12.1. The average Bonchev–Trinajstić information content (AvgIpc) is 2.84. The maximum absolute atomic E-state index is 4.46. The molecule has 3 heteroatoms. The van der Waals surface area contributed by atoms with Gasteiger partial charge in [0, 0.05) is 11.6 Å². The van der Waals surface area contributed by atoms with E-state index in [0.717, 1.165) is 18.0 Å². The van der Waals surface area contributed by atoms with E-state index in [2.05, 4.69) is 54.5 Å². The summed E-state index contributed by atoms with van der Waals surface area (Å²) in [5.41, 5.74) is 1.27. The lowest BCUT2D eigenvalue weighted by atomic mass is 9.93. The first-order valence-corrected chi connectivity index (χ1v) is 6.81. The van der Waals surface area contributed by atoms with Gasteiger partial charge in [-0.3, -0.25) is 0 Å². The van der Waals surface area contributed by atoms with E-state index in [4.69, 9.17) is 0 Å². The smallest absolute Gasteiger partial charge is 0.113 e. The molecule has 1 aromatic carbocycles. The highest BCUT2D eigenvalue weighted by Gasteiger charge is 2.28. The Bertz CT molecular complexity index is 439. The molecule has 17 heavy (non-hydrogen) atoms. The van der Waals surface area contributed by atoms with Crippen molar-refractivity contribution in [1.29, 1.82) is 0 Å². The number of likely N-dealkylation sites (N-methyl/N-ethyl adjacent to an activating group) is 1. The molecule has 0 aliphatic rings. The van der Waals surface area contributed by atoms with Gasteiger partial charge in [0.15, 0.2) is 0 Å². The molecule has 2 aromatic rings. The van der Waals surface area contributed by atoms with Crippen molar-refractivity contribution in [2.75, 3.05) is 6.54 Å². The highest BCUT2D eigenvalue weighted by Crippen LogP contribution is 2.26. The molecule has 1 N–H and O–H groups in total. The summed E-state index contributed by atoms with van der Waals surface area (Å²) in [5.74, 6) is 0. The molecule has 1 heterocycles. The van der Waals surface area contributed by atoms with Gasteiger partial charge < -0.3 is 5.32 Å². The molecule has 0 saturated heterocycles. The Morgan fingerprint density at radius 1 is 1.29 bits per heavy atom. The summed E-state index contributed by atoms with van der Waals surface area (Å²) in [6.07, 6.45) is 2.84. The fraction of sp³-hybridized carbons (Fsp3) is 0.357. The van der Waals surface area contributed by atoms with Crippen LogP contribution in [-0.4, -0.2) is 11.5 Å². The summed E-state index contributed by atoms with van der Waals surface area (Å²) in [6.45, 7) is 5.31. The maximum atomic E-state index is 4.46. The van der Waals surface area contributed by atoms with E-state index >= 15 is 0 Å². The minimum atomic E-state index is -0.0652. The molecule has 90 valence electrons. The number of hydrogen-bond donors (Lipinski definition) is 1. The zero-order valence-electron chi connectivity index (χ0n) is 10.3. The molecule has 2 rings (SSSR count). The van der Waals surface area contributed by atoms with Gasteiger partial charge in [0.1, 0.15) is 5.01 Å². The molecule has 0 saturated carbocycles. The van der Waals surface area contributed by atoms with E-state index < -0.39 is 0 Å². The first-order valence-electron chi connectivity index (χ1n) is 5.93. The van der Waals surface area contributed by atoms with Crippen molar-refractivity contribution in [2.45, 2.75) is 25.8 Å². The van der Waals surface area contributed by atoms with Crippen molar-refractivity contribution in [3.8, 4) is 0 Å². The Balaban J connectivity index is 2.23. The number of hydrogen-bond acceptors (Lipinski definition) is 3. The molecule has 1 aromatic heterocycles. The Hall–Kier alpha value is -1.19. The van der Waals surface area contributed by atoms with Crippen molar-refractivity contribution < 1.29 is 0 Å². The molecule has 0 spiro atoms. The third-order valence-electron chi connectivity index (χ3n) is 2.87. The van der Waals surface area contributed by atoms with Crippen molar-refractivity contribution in [3.63, 3.8) is 0 Å². The lowest BCUT2D eigenvalue weighted by molar-refractivity contribution is 0.371. The largest absolute Gasteiger partial charge is 0.306 e. The van der Waals surface area contributed by atoms with Crippen LogP contribution in [0.15, 0.2) is 41.9 Å². The standard InChI is InChI=1S/C14H18N2S/c1-3-16-14(2,13-15-9-10-17-13)11-12-7-5-4-6-8-12/h4-10,16H,3,11H2,1-2H3. The number of rotatable bonds is 5. The SMILES string of the molecule is CCNC(C)(Cc1ccccc1)c1nccs1. The number of nitrogens with zero attached hydrogens (tertiary/aromatic N) is 1. The minimum Gasteiger partial charge on any atom is -0.306 e. The summed E-state index contributed by atoms with van der Waals surface area (Å²) >= 11 is 1.72. The second-order valence-electron chi connectivity index (χ2n) is 4.36. The number of thiazole rings is 1. The summed E-state index contributed by atoms with van der Waals surface area (Å²) in [6, 6.07) is 10.6. The first kappa shape index (κ1) is 12.3. The minimum absolute atomic E-state index is 0.0652. The third kappa shape index (κ3) is 2.93. The molecule has 0 aliphatic carbocycles. The molecule has 0 aliphatic heterocycles. The molecule has 0 fully saturated rings. The van der Waals surface area contributed by atoms with Gasteiger partial charge in [-0.15, -0.1) is 11.3 Å². The summed E-state index contributed by atoms with van der Waals surface area (Å²) < 4.78 is 0. The molecular formula is C14H18N2S. The Morgan fingerprint density at radius 3 is 2.65 bits per heavy atom. The lowest BCUT2D eigenvalue weighted by Gasteiger charge is -2.28. The summed E-state index contributed by atoms with van der Waals surface area (Å²) in [7, 11) is 0. The third-order valence-corrected chi connectivity index (χ3v) is 3.91. The second kappa shape index (κ2) is 5.43. The van der Waals surface area contributed by atoms with Gasteiger partial charge in [0.25, 0.3) is 0 Å². The van der Waals surface area contributed by atoms with E-state index in [9.17, 15) is 0 Å². The van der Waals surface area contributed by atoms with Crippen LogP contribution >= 0.6 is 11.3 Å². The lowest BCUT2D eigenvalue weighted by Crippen LogP contribution is -2.41. The van der Waals surface area contributed by atoms with Crippen LogP contribution in [-0.2, 0) is 12.0 Å². The molecule has 0 bridgehead atoms. The molecule has 1 atom stereocenters. The van der Waals surface area contributed by atoms with Gasteiger partial charge in [0.2, 0.25) is 0 Å². The van der Waals surface area contributed by atoms with Crippen LogP contribution in [0.25, 0.3) is 0 Å². The average molecular weight is 246 g/mol. The van der Waals surface area contributed by atoms with E-state index in [1.165, 1.54) is 5.56 Å². The van der Waals surface area contributed by atoms with Gasteiger partial charge in [-0.1, -0.05) is 37.3 Å². The van der Waals surface area contributed by atoms with E-state index in [1.807, 2.05) is 11.6 Å².